The quantitative estimate of drug-likeness (QED) is 0.270. The largest absolute Gasteiger partial charge is 0.493 e. The van der Waals surface area contributed by atoms with Crippen LogP contribution in [0.25, 0.3) is 22.3 Å². The van der Waals surface area contributed by atoms with Crippen molar-refractivity contribution in [1.82, 2.24) is 14.9 Å². The van der Waals surface area contributed by atoms with E-state index in [0.717, 1.165) is 5.56 Å². The highest BCUT2D eigenvalue weighted by molar-refractivity contribution is 5.98. The molecule has 1 aliphatic heterocycles. The number of aromatic nitrogens is 2. The van der Waals surface area contributed by atoms with Crippen molar-refractivity contribution in [2.24, 2.45) is 0 Å². The summed E-state index contributed by atoms with van der Waals surface area (Å²) in [5, 5.41) is 9.62. The molecule has 1 fully saturated rings. The summed E-state index contributed by atoms with van der Waals surface area (Å²) in [5.74, 6) is -0.566. The van der Waals surface area contributed by atoms with Crippen molar-refractivity contribution >= 4 is 5.91 Å². The maximum Gasteiger partial charge on any atom is 0.416 e. The first-order chi connectivity index (χ1) is 18.9. The molecule has 0 aliphatic carbocycles. The Morgan fingerprint density at radius 3 is 2.17 bits per heavy atom. The number of nitrogens with zero attached hydrogens (tertiary/aromatic N) is 3. The van der Waals surface area contributed by atoms with Gasteiger partial charge in [0.25, 0.3) is 5.91 Å². The van der Waals surface area contributed by atoms with Crippen LogP contribution in [0.2, 0.25) is 0 Å². The Balaban J connectivity index is 1.58. The molecule has 2 aromatic heterocycles. The van der Waals surface area contributed by atoms with Gasteiger partial charge in [-0.2, -0.15) is 26.3 Å². The number of halogens is 6. The third kappa shape index (κ3) is 5.63. The Hall–Kier alpha value is -4.41. The van der Waals surface area contributed by atoms with Crippen LogP contribution in [-0.2, 0) is 12.4 Å². The predicted molar refractivity (Wildman–Crippen MR) is 134 cm³/mol. The van der Waals surface area contributed by atoms with E-state index in [1.54, 1.807) is 17.3 Å². The van der Waals surface area contributed by atoms with Gasteiger partial charge in [-0.25, -0.2) is 4.98 Å². The van der Waals surface area contributed by atoms with Crippen molar-refractivity contribution in [2.45, 2.75) is 24.7 Å². The molecule has 1 aliphatic rings. The fraction of sp³-hybridized carbons (Fsp3) is 0.207. The van der Waals surface area contributed by atoms with Crippen LogP contribution in [0.15, 0.2) is 79.3 Å². The molecule has 4 aromatic rings. The van der Waals surface area contributed by atoms with Crippen molar-refractivity contribution in [3.05, 3.63) is 102 Å². The number of hydrogen-bond acceptors (Lipinski definition) is 4. The minimum absolute atomic E-state index is 0.0373. The smallest absolute Gasteiger partial charge is 0.416 e. The zero-order chi connectivity index (χ0) is 28.7. The molecule has 0 spiro atoms. The Kier molecular flexibility index (Phi) is 6.99. The van der Waals surface area contributed by atoms with E-state index in [-0.39, 0.29) is 46.0 Å². The Bertz CT molecular complexity index is 1500. The lowest BCUT2D eigenvalue weighted by molar-refractivity contribution is -0.143. The SMILES string of the molecule is O=C(c1ccc(-c2cc(C(F)(F)F)cc(C(F)(F)F)c2)c(-c2ccc(O)nc2)c1)N1CCC(c2cccnc2)C1. The summed E-state index contributed by atoms with van der Waals surface area (Å²) in [4.78, 5) is 23.0. The summed E-state index contributed by atoms with van der Waals surface area (Å²) in [5.41, 5.74) is -1.51. The number of benzene rings is 2. The van der Waals surface area contributed by atoms with E-state index in [0.29, 0.717) is 37.2 Å². The van der Waals surface area contributed by atoms with E-state index < -0.39 is 23.5 Å². The van der Waals surface area contributed by atoms with Gasteiger partial charge < -0.3 is 10.0 Å². The molecule has 0 radical (unpaired) electrons. The second-order valence-electron chi connectivity index (χ2n) is 9.48. The lowest BCUT2D eigenvalue weighted by Gasteiger charge is -2.19. The van der Waals surface area contributed by atoms with Crippen LogP contribution in [0.3, 0.4) is 0 Å². The molecule has 1 N–H and O–H groups in total. The van der Waals surface area contributed by atoms with Gasteiger partial charge >= 0.3 is 12.4 Å². The zero-order valence-electron chi connectivity index (χ0n) is 20.7. The second-order valence-corrected chi connectivity index (χ2v) is 9.48. The summed E-state index contributed by atoms with van der Waals surface area (Å²) in [6.07, 6.45) is -4.69. The molecule has 1 amide bonds. The van der Waals surface area contributed by atoms with E-state index >= 15 is 0 Å². The minimum atomic E-state index is -5.02. The lowest BCUT2D eigenvalue weighted by atomic mass is 9.91. The van der Waals surface area contributed by atoms with Gasteiger partial charge in [0, 0.05) is 54.8 Å². The molecule has 40 heavy (non-hydrogen) atoms. The van der Waals surface area contributed by atoms with Crippen molar-refractivity contribution in [1.29, 1.82) is 0 Å². The molecular formula is C29H21F6N3O2. The number of pyridine rings is 2. The highest BCUT2D eigenvalue weighted by Crippen LogP contribution is 2.41. The molecule has 1 saturated heterocycles. The summed E-state index contributed by atoms with van der Waals surface area (Å²) >= 11 is 0. The van der Waals surface area contributed by atoms with Crippen molar-refractivity contribution < 1.29 is 36.2 Å². The van der Waals surface area contributed by atoms with Gasteiger partial charge in [0.2, 0.25) is 5.88 Å². The number of carbonyl (C=O) groups excluding carboxylic acids is 1. The number of hydrogen-bond donors (Lipinski definition) is 1. The normalized spacial score (nSPS) is 15.8. The number of aromatic hydroxyl groups is 1. The second kappa shape index (κ2) is 10.3. The molecule has 1 atom stereocenters. The van der Waals surface area contributed by atoms with Crippen LogP contribution in [0, 0.1) is 0 Å². The minimum Gasteiger partial charge on any atom is -0.493 e. The topological polar surface area (TPSA) is 66.3 Å². The predicted octanol–water partition coefficient (Wildman–Crippen LogP) is 7.18. The van der Waals surface area contributed by atoms with Gasteiger partial charge in [-0.15, -0.1) is 0 Å². The van der Waals surface area contributed by atoms with Gasteiger partial charge in [-0.05, 0) is 71.1 Å². The van der Waals surface area contributed by atoms with Gasteiger partial charge in [-0.1, -0.05) is 12.1 Å². The Morgan fingerprint density at radius 1 is 0.850 bits per heavy atom. The fourth-order valence-corrected chi connectivity index (χ4v) is 4.84. The average Bonchev–Trinajstić information content (AvgIpc) is 3.42. The fourth-order valence-electron chi connectivity index (χ4n) is 4.84. The molecular weight excluding hydrogens is 536 g/mol. The molecule has 11 heteroatoms. The van der Waals surface area contributed by atoms with E-state index in [4.69, 9.17) is 0 Å². The van der Waals surface area contributed by atoms with Gasteiger partial charge in [0.05, 0.1) is 11.1 Å². The molecule has 0 saturated carbocycles. The standard InChI is InChI=1S/C29H21F6N3O2/c30-28(31,32)22-10-21(11-23(13-22)29(33,34)35)24-5-3-17(12-25(24)19-4-6-26(39)37-15-19)27(40)38-9-7-20(16-38)18-2-1-8-36-14-18/h1-6,8,10-15,20H,7,9,16H2,(H,37,39). The van der Waals surface area contributed by atoms with Crippen LogP contribution < -0.4 is 0 Å². The Morgan fingerprint density at radius 2 is 1.57 bits per heavy atom. The lowest BCUT2D eigenvalue weighted by Crippen LogP contribution is -2.28. The molecule has 5 nitrogen and oxygen atoms in total. The van der Waals surface area contributed by atoms with E-state index in [2.05, 4.69) is 9.97 Å². The van der Waals surface area contributed by atoms with Gasteiger partial charge in [0.15, 0.2) is 0 Å². The summed E-state index contributed by atoms with van der Waals surface area (Å²) in [7, 11) is 0. The number of likely N-dealkylation sites (tertiary alicyclic amines) is 1. The summed E-state index contributed by atoms with van der Waals surface area (Å²) in [6.45, 7) is 0.907. The number of alkyl halides is 6. The number of carbonyl (C=O) groups is 1. The zero-order valence-corrected chi connectivity index (χ0v) is 20.7. The highest BCUT2D eigenvalue weighted by atomic mass is 19.4. The molecule has 2 aromatic carbocycles. The monoisotopic (exact) mass is 557 g/mol. The average molecular weight is 557 g/mol. The maximum absolute atomic E-state index is 13.6. The third-order valence-electron chi connectivity index (χ3n) is 6.86. The molecule has 206 valence electrons. The first-order valence-electron chi connectivity index (χ1n) is 12.2. The van der Waals surface area contributed by atoms with Crippen LogP contribution in [0.5, 0.6) is 5.88 Å². The van der Waals surface area contributed by atoms with E-state index in [1.165, 1.54) is 36.5 Å². The number of amides is 1. The van der Waals surface area contributed by atoms with Crippen molar-refractivity contribution in [3.8, 4) is 28.1 Å². The summed E-state index contributed by atoms with van der Waals surface area (Å²) in [6, 6.07) is 11.9. The van der Waals surface area contributed by atoms with Crippen molar-refractivity contribution in [3.63, 3.8) is 0 Å². The van der Waals surface area contributed by atoms with Crippen LogP contribution in [0.4, 0.5) is 26.3 Å². The van der Waals surface area contributed by atoms with Gasteiger partial charge in [-0.3, -0.25) is 9.78 Å². The summed E-state index contributed by atoms with van der Waals surface area (Å²) < 4.78 is 81.3. The Labute approximate surface area is 224 Å². The first kappa shape index (κ1) is 27.2. The van der Waals surface area contributed by atoms with Crippen LogP contribution in [0.1, 0.15) is 39.4 Å². The van der Waals surface area contributed by atoms with E-state index in [9.17, 15) is 36.2 Å². The van der Waals surface area contributed by atoms with E-state index in [1.807, 2.05) is 12.1 Å². The van der Waals surface area contributed by atoms with Crippen molar-refractivity contribution in [2.75, 3.05) is 13.1 Å². The molecule has 1 unspecified atom stereocenters. The molecule has 3 heterocycles. The van der Waals surface area contributed by atoms with Crippen LogP contribution >= 0.6 is 0 Å². The highest BCUT2D eigenvalue weighted by Gasteiger charge is 2.37. The van der Waals surface area contributed by atoms with Gasteiger partial charge in [0.1, 0.15) is 0 Å². The molecule has 5 rings (SSSR count). The number of rotatable bonds is 4. The van der Waals surface area contributed by atoms with Crippen LogP contribution in [-0.4, -0.2) is 39.0 Å². The maximum atomic E-state index is 13.6. The third-order valence-corrected chi connectivity index (χ3v) is 6.86. The molecule has 0 bridgehead atoms. The first-order valence-corrected chi connectivity index (χ1v) is 12.2.